The van der Waals surface area contributed by atoms with E-state index in [1.807, 2.05) is 4.90 Å². The fourth-order valence-corrected chi connectivity index (χ4v) is 3.47. The lowest BCUT2D eigenvalue weighted by molar-refractivity contribution is -0.143. The lowest BCUT2D eigenvalue weighted by Crippen LogP contribution is -2.52. The van der Waals surface area contributed by atoms with E-state index in [4.69, 9.17) is 0 Å². The van der Waals surface area contributed by atoms with Crippen LogP contribution >= 0.6 is 12.4 Å². The van der Waals surface area contributed by atoms with Crippen LogP contribution in [0.4, 0.5) is 0 Å². The fourth-order valence-electron chi connectivity index (χ4n) is 3.47. The number of piperazine rings is 1. The van der Waals surface area contributed by atoms with E-state index in [0.717, 1.165) is 25.9 Å². The minimum Gasteiger partial charge on any atom is -0.356 e. The molecule has 0 spiro atoms. The van der Waals surface area contributed by atoms with Crippen LogP contribution in [0.25, 0.3) is 0 Å². The number of piperidine rings is 1. The van der Waals surface area contributed by atoms with Gasteiger partial charge in [0.05, 0.1) is 6.04 Å². The van der Waals surface area contributed by atoms with Crippen molar-refractivity contribution in [2.75, 3.05) is 26.2 Å². The highest BCUT2D eigenvalue weighted by molar-refractivity contribution is 5.87. The quantitative estimate of drug-likeness (QED) is 0.870. The minimum atomic E-state index is -0.167. The van der Waals surface area contributed by atoms with Gasteiger partial charge in [-0.3, -0.25) is 9.59 Å². The molecule has 0 aromatic heterocycles. The summed E-state index contributed by atoms with van der Waals surface area (Å²) in [6.07, 6.45) is 2.09. The average molecular weight is 352 g/mol. The van der Waals surface area contributed by atoms with Crippen molar-refractivity contribution < 1.29 is 9.59 Å². The van der Waals surface area contributed by atoms with Crippen molar-refractivity contribution in [1.82, 2.24) is 15.5 Å². The Bertz CT molecular complexity index is 576. The van der Waals surface area contributed by atoms with Crippen molar-refractivity contribution in [2.45, 2.75) is 32.2 Å². The predicted molar refractivity (Wildman–Crippen MR) is 96.1 cm³/mol. The third-order valence-corrected chi connectivity index (χ3v) is 4.90. The number of nitrogens with zero attached hydrogens (tertiary/aromatic N) is 1. The molecule has 0 radical (unpaired) electrons. The van der Waals surface area contributed by atoms with Crippen LogP contribution in [0.3, 0.4) is 0 Å². The Hall–Kier alpha value is -1.59. The van der Waals surface area contributed by atoms with Crippen molar-refractivity contribution in [3.05, 3.63) is 35.4 Å². The number of benzene rings is 1. The second-order valence-corrected chi connectivity index (χ2v) is 6.39. The smallest absolute Gasteiger partial charge is 0.226 e. The Morgan fingerprint density at radius 1 is 1.25 bits per heavy atom. The molecule has 1 aromatic rings. The Labute approximate surface area is 149 Å². The molecule has 2 unspecified atom stereocenters. The molecule has 132 valence electrons. The van der Waals surface area contributed by atoms with Gasteiger partial charge in [0.2, 0.25) is 11.8 Å². The molecule has 0 bridgehead atoms. The zero-order chi connectivity index (χ0) is 16.2. The molecule has 5 nitrogen and oxygen atoms in total. The summed E-state index contributed by atoms with van der Waals surface area (Å²) in [5.41, 5.74) is 2.47. The van der Waals surface area contributed by atoms with Crippen molar-refractivity contribution in [1.29, 1.82) is 0 Å². The summed E-state index contributed by atoms with van der Waals surface area (Å²) in [5, 5.41) is 6.19. The molecule has 24 heavy (non-hydrogen) atoms. The number of amides is 2. The first-order valence-electron chi connectivity index (χ1n) is 8.55. The zero-order valence-corrected chi connectivity index (χ0v) is 14.9. The second kappa shape index (κ2) is 8.49. The molecule has 2 atom stereocenters. The van der Waals surface area contributed by atoms with Gasteiger partial charge in [0.25, 0.3) is 0 Å². The normalized spacial score (nSPS) is 24.0. The number of carbonyl (C=O) groups is 2. The molecule has 2 saturated heterocycles. The average Bonchev–Trinajstić information content (AvgIpc) is 2.61. The summed E-state index contributed by atoms with van der Waals surface area (Å²) in [7, 11) is 0. The zero-order valence-electron chi connectivity index (χ0n) is 14.1. The summed E-state index contributed by atoms with van der Waals surface area (Å²) in [6.45, 7) is 5.04. The van der Waals surface area contributed by atoms with Gasteiger partial charge < -0.3 is 15.5 Å². The molecule has 1 aromatic carbocycles. The topological polar surface area (TPSA) is 61.4 Å². The maximum atomic E-state index is 12.9. The Morgan fingerprint density at radius 2 is 2.00 bits per heavy atom. The van der Waals surface area contributed by atoms with Crippen LogP contribution in [0, 0.1) is 5.92 Å². The number of rotatable bonds is 3. The number of hydrogen-bond donors (Lipinski definition) is 2. The van der Waals surface area contributed by atoms with Crippen LogP contribution in [0.15, 0.2) is 24.3 Å². The third kappa shape index (κ3) is 4.08. The monoisotopic (exact) mass is 351 g/mol. The highest BCUT2D eigenvalue weighted by Gasteiger charge is 2.34. The van der Waals surface area contributed by atoms with E-state index >= 15 is 0 Å². The standard InChI is InChI=1S/C18H25N3O2.ClH/c1-2-13-3-5-14(6-4-13)16-12-19-9-10-21(16)18(23)15-7-8-20-17(22)11-15;/h3-6,15-16,19H,2,7-12H2,1H3,(H,20,22);1H. The third-order valence-electron chi connectivity index (χ3n) is 4.90. The molecule has 2 aliphatic rings. The van der Waals surface area contributed by atoms with Crippen LogP contribution in [-0.2, 0) is 16.0 Å². The van der Waals surface area contributed by atoms with Crippen molar-refractivity contribution in [2.24, 2.45) is 5.92 Å². The van der Waals surface area contributed by atoms with Crippen LogP contribution < -0.4 is 10.6 Å². The lowest BCUT2D eigenvalue weighted by Gasteiger charge is -2.39. The van der Waals surface area contributed by atoms with E-state index in [1.54, 1.807) is 0 Å². The summed E-state index contributed by atoms with van der Waals surface area (Å²) in [6, 6.07) is 8.60. The molecular formula is C18H26ClN3O2. The van der Waals surface area contributed by atoms with Crippen LogP contribution in [0.5, 0.6) is 0 Å². The molecule has 0 saturated carbocycles. The summed E-state index contributed by atoms with van der Waals surface area (Å²) >= 11 is 0. The fraction of sp³-hybridized carbons (Fsp3) is 0.556. The largest absolute Gasteiger partial charge is 0.356 e. The highest BCUT2D eigenvalue weighted by Crippen LogP contribution is 2.27. The molecule has 2 N–H and O–H groups in total. The maximum absolute atomic E-state index is 12.9. The van der Waals surface area contributed by atoms with E-state index in [9.17, 15) is 9.59 Å². The lowest BCUT2D eigenvalue weighted by atomic mass is 9.93. The highest BCUT2D eigenvalue weighted by atomic mass is 35.5. The van der Waals surface area contributed by atoms with E-state index in [1.165, 1.54) is 11.1 Å². The van der Waals surface area contributed by atoms with Gasteiger partial charge in [-0.15, -0.1) is 12.4 Å². The number of carbonyl (C=O) groups excluding carboxylic acids is 2. The maximum Gasteiger partial charge on any atom is 0.226 e. The molecule has 2 heterocycles. The van der Waals surface area contributed by atoms with Crippen molar-refractivity contribution >= 4 is 24.2 Å². The van der Waals surface area contributed by atoms with Gasteiger partial charge in [0, 0.05) is 38.5 Å². The molecule has 2 fully saturated rings. The minimum absolute atomic E-state index is 0. The van der Waals surface area contributed by atoms with Gasteiger partial charge in [-0.2, -0.15) is 0 Å². The summed E-state index contributed by atoms with van der Waals surface area (Å²) in [5.74, 6) is -0.0428. The molecule has 2 amide bonds. The predicted octanol–water partition coefficient (Wildman–Crippen LogP) is 1.67. The van der Waals surface area contributed by atoms with E-state index < -0.39 is 0 Å². The van der Waals surface area contributed by atoms with Gasteiger partial charge in [-0.25, -0.2) is 0 Å². The van der Waals surface area contributed by atoms with Gasteiger partial charge in [0.15, 0.2) is 0 Å². The first kappa shape index (κ1) is 18.7. The number of nitrogens with one attached hydrogen (secondary N) is 2. The Kier molecular flexibility index (Phi) is 6.63. The molecule has 3 rings (SSSR count). The Balaban J connectivity index is 0.00000208. The molecule has 0 aliphatic carbocycles. The molecule has 6 heteroatoms. The first-order valence-corrected chi connectivity index (χ1v) is 8.55. The van der Waals surface area contributed by atoms with E-state index in [0.29, 0.717) is 19.5 Å². The van der Waals surface area contributed by atoms with Crippen LogP contribution in [-0.4, -0.2) is 42.9 Å². The van der Waals surface area contributed by atoms with E-state index in [2.05, 4.69) is 41.8 Å². The van der Waals surface area contributed by atoms with Crippen molar-refractivity contribution in [3.63, 3.8) is 0 Å². The van der Waals surface area contributed by atoms with Gasteiger partial charge >= 0.3 is 0 Å². The summed E-state index contributed by atoms with van der Waals surface area (Å²) in [4.78, 5) is 26.5. The first-order chi connectivity index (χ1) is 11.2. The molecular weight excluding hydrogens is 326 g/mol. The van der Waals surface area contributed by atoms with Gasteiger partial charge in [-0.05, 0) is 24.0 Å². The molecule has 2 aliphatic heterocycles. The number of aryl methyl sites for hydroxylation is 1. The van der Waals surface area contributed by atoms with Crippen molar-refractivity contribution in [3.8, 4) is 0 Å². The SMILES string of the molecule is CCc1ccc(C2CNCCN2C(=O)C2CCNC(=O)C2)cc1.Cl. The Morgan fingerprint density at radius 3 is 2.67 bits per heavy atom. The summed E-state index contributed by atoms with van der Waals surface area (Å²) < 4.78 is 0. The number of hydrogen-bond acceptors (Lipinski definition) is 3. The number of halogens is 1. The van der Waals surface area contributed by atoms with Gasteiger partial charge in [0.1, 0.15) is 0 Å². The van der Waals surface area contributed by atoms with Crippen LogP contribution in [0.2, 0.25) is 0 Å². The van der Waals surface area contributed by atoms with Crippen LogP contribution in [0.1, 0.15) is 36.9 Å². The van der Waals surface area contributed by atoms with Gasteiger partial charge in [-0.1, -0.05) is 31.2 Å². The second-order valence-electron chi connectivity index (χ2n) is 6.39. The van der Waals surface area contributed by atoms with E-state index in [-0.39, 0.29) is 36.2 Å².